The topological polar surface area (TPSA) is 60.2 Å². The zero-order valence-corrected chi connectivity index (χ0v) is 12.7. The van der Waals surface area contributed by atoms with Crippen molar-refractivity contribution in [1.29, 1.82) is 0 Å². The molecule has 0 saturated carbocycles. The van der Waals surface area contributed by atoms with E-state index in [1.807, 2.05) is 32.9 Å². The Balaban J connectivity index is 1.92. The molecule has 1 aliphatic rings. The van der Waals surface area contributed by atoms with E-state index in [4.69, 9.17) is 10.5 Å². The van der Waals surface area contributed by atoms with Crippen LogP contribution < -0.4 is 15.8 Å². The molecule has 0 bridgehead atoms. The molecule has 4 nitrogen and oxygen atoms in total. The van der Waals surface area contributed by atoms with Crippen LogP contribution in [0, 0.1) is 0 Å². The second-order valence-electron chi connectivity index (χ2n) is 6.24. The van der Waals surface area contributed by atoms with Crippen molar-refractivity contribution >= 4 is 11.5 Å². The van der Waals surface area contributed by atoms with Gasteiger partial charge in [-0.2, -0.15) is 4.98 Å². The second-order valence-corrected chi connectivity index (χ2v) is 6.24. The first-order chi connectivity index (χ1) is 9.44. The first-order valence-electron chi connectivity index (χ1n) is 7.31. The largest absolute Gasteiger partial charge is 0.470 e. The third-order valence-electron chi connectivity index (χ3n) is 3.18. The molecule has 0 fully saturated rings. The number of nitrogens with zero attached hydrogens (tertiary/aromatic N) is 1. The van der Waals surface area contributed by atoms with Crippen LogP contribution in [0.5, 0.6) is 5.88 Å². The molecule has 0 atom stereocenters. The molecule has 0 aliphatic heterocycles. The highest BCUT2D eigenvalue weighted by Crippen LogP contribution is 2.25. The van der Waals surface area contributed by atoms with Gasteiger partial charge >= 0.3 is 0 Å². The number of pyridine rings is 1. The van der Waals surface area contributed by atoms with Gasteiger partial charge in [-0.05, 0) is 58.6 Å². The van der Waals surface area contributed by atoms with E-state index in [2.05, 4.69) is 16.4 Å². The molecule has 110 valence electrons. The maximum Gasteiger partial charge on any atom is 0.239 e. The van der Waals surface area contributed by atoms with E-state index >= 15 is 0 Å². The quantitative estimate of drug-likeness (QED) is 0.803. The van der Waals surface area contributed by atoms with Gasteiger partial charge in [0.1, 0.15) is 11.4 Å². The molecule has 0 aromatic carbocycles. The lowest BCUT2D eigenvalue weighted by atomic mass is 10.2. The van der Waals surface area contributed by atoms with Crippen molar-refractivity contribution in [2.45, 2.75) is 52.1 Å². The fraction of sp³-hybridized carbons (Fsp3) is 0.562. The summed E-state index contributed by atoms with van der Waals surface area (Å²) in [6, 6.07) is 3.74. The number of ether oxygens (including phenoxy) is 1. The predicted octanol–water partition coefficient (Wildman–Crippen LogP) is 3.75. The summed E-state index contributed by atoms with van der Waals surface area (Å²) >= 11 is 0. The van der Waals surface area contributed by atoms with Crippen LogP contribution in [0.1, 0.15) is 46.5 Å². The van der Waals surface area contributed by atoms with Crippen LogP contribution in [0.15, 0.2) is 23.8 Å². The van der Waals surface area contributed by atoms with Crippen LogP contribution in [0.4, 0.5) is 11.5 Å². The lowest BCUT2D eigenvalue weighted by Gasteiger charge is -2.21. The van der Waals surface area contributed by atoms with Gasteiger partial charge in [0.2, 0.25) is 5.88 Å². The van der Waals surface area contributed by atoms with Crippen molar-refractivity contribution in [3.05, 3.63) is 23.8 Å². The lowest BCUT2D eigenvalue weighted by molar-refractivity contribution is 0.125. The van der Waals surface area contributed by atoms with Crippen LogP contribution in [0.25, 0.3) is 0 Å². The smallest absolute Gasteiger partial charge is 0.239 e. The molecule has 1 aliphatic carbocycles. The zero-order chi connectivity index (χ0) is 14.6. The third kappa shape index (κ3) is 4.44. The Hall–Kier alpha value is -1.71. The van der Waals surface area contributed by atoms with Crippen molar-refractivity contribution in [2.24, 2.45) is 0 Å². The fourth-order valence-electron chi connectivity index (χ4n) is 2.24. The molecule has 0 saturated heterocycles. The number of nitrogen functional groups attached to an aromatic ring is 1. The summed E-state index contributed by atoms with van der Waals surface area (Å²) in [6.45, 7) is 6.86. The molecule has 1 aromatic heterocycles. The first kappa shape index (κ1) is 14.7. The monoisotopic (exact) mass is 275 g/mol. The molecule has 4 heteroatoms. The van der Waals surface area contributed by atoms with Gasteiger partial charge in [-0.3, -0.25) is 0 Å². The number of hydrogen-bond acceptors (Lipinski definition) is 4. The summed E-state index contributed by atoms with van der Waals surface area (Å²) < 4.78 is 5.77. The summed E-state index contributed by atoms with van der Waals surface area (Å²) in [4.78, 5) is 4.44. The number of hydrogen-bond donors (Lipinski definition) is 2. The van der Waals surface area contributed by atoms with Crippen LogP contribution in [-0.2, 0) is 0 Å². The van der Waals surface area contributed by atoms with Crippen LogP contribution in [-0.4, -0.2) is 17.1 Å². The minimum Gasteiger partial charge on any atom is -0.470 e. The first-order valence-corrected chi connectivity index (χ1v) is 7.31. The van der Waals surface area contributed by atoms with Crippen molar-refractivity contribution < 1.29 is 4.74 Å². The minimum absolute atomic E-state index is 0.297. The van der Waals surface area contributed by atoms with Gasteiger partial charge in [-0.1, -0.05) is 11.6 Å². The Labute approximate surface area is 121 Å². The number of anilines is 2. The standard InChI is InChI=1S/C16H25N3O/c1-16(2,3)20-15-13(17)8-9-14(19-15)18-11-10-12-6-4-5-7-12/h6,8-9H,4-5,7,10-11,17H2,1-3H3,(H,18,19). The van der Waals surface area contributed by atoms with Crippen molar-refractivity contribution in [3.8, 4) is 5.88 Å². The molecule has 0 amide bonds. The van der Waals surface area contributed by atoms with Gasteiger partial charge < -0.3 is 15.8 Å². The Morgan fingerprint density at radius 1 is 1.35 bits per heavy atom. The maximum absolute atomic E-state index is 5.90. The summed E-state index contributed by atoms with van der Waals surface area (Å²) in [7, 11) is 0. The van der Waals surface area contributed by atoms with E-state index in [9.17, 15) is 0 Å². The SMILES string of the molecule is CC(C)(C)Oc1nc(NCCC2=CCCC2)ccc1N. The lowest BCUT2D eigenvalue weighted by Crippen LogP contribution is -2.24. The van der Waals surface area contributed by atoms with Crippen molar-refractivity contribution in [3.63, 3.8) is 0 Å². The van der Waals surface area contributed by atoms with Crippen LogP contribution in [0.2, 0.25) is 0 Å². The highest BCUT2D eigenvalue weighted by Gasteiger charge is 2.15. The Morgan fingerprint density at radius 3 is 2.80 bits per heavy atom. The van der Waals surface area contributed by atoms with Gasteiger partial charge in [-0.25, -0.2) is 0 Å². The summed E-state index contributed by atoms with van der Waals surface area (Å²) in [5.41, 5.74) is 7.73. The maximum atomic E-state index is 5.90. The number of nitrogens with two attached hydrogens (primary N) is 1. The number of rotatable bonds is 5. The van der Waals surface area contributed by atoms with E-state index in [-0.39, 0.29) is 5.60 Å². The molecule has 0 spiro atoms. The highest BCUT2D eigenvalue weighted by atomic mass is 16.5. The highest BCUT2D eigenvalue weighted by molar-refractivity contribution is 5.53. The van der Waals surface area contributed by atoms with E-state index < -0.39 is 0 Å². The second kappa shape index (κ2) is 6.16. The summed E-state index contributed by atoms with van der Waals surface area (Å²) in [5, 5.41) is 3.34. The molecule has 0 radical (unpaired) electrons. The number of allylic oxidation sites excluding steroid dienone is 1. The van der Waals surface area contributed by atoms with Crippen LogP contribution >= 0.6 is 0 Å². The molecule has 3 N–H and O–H groups in total. The molecule has 1 heterocycles. The Kier molecular flexibility index (Phi) is 4.53. The average molecular weight is 275 g/mol. The molecule has 2 rings (SSSR count). The summed E-state index contributed by atoms with van der Waals surface area (Å²) in [6.07, 6.45) is 7.22. The van der Waals surface area contributed by atoms with Crippen LogP contribution in [0.3, 0.4) is 0 Å². The molecule has 1 aromatic rings. The molecular weight excluding hydrogens is 250 g/mol. The molecule has 20 heavy (non-hydrogen) atoms. The van der Waals surface area contributed by atoms with Crippen molar-refractivity contribution in [2.75, 3.05) is 17.6 Å². The van der Waals surface area contributed by atoms with Gasteiger partial charge in [0, 0.05) is 6.54 Å². The van der Waals surface area contributed by atoms with E-state index in [1.165, 1.54) is 19.3 Å². The van der Waals surface area contributed by atoms with Gasteiger partial charge in [0.25, 0.3) is 0 Å². The minimum atomic E-state index is -0.297. The zero-order valence-electron chi connectivity index (χ0n) is 12.7. The Bertz CT molecular complexity index is 489. The summed E-state index contributed by atoms with van der Waals surface area (Å²) in [5.74, 6) is 1.32. The van der Waals surface area contributed by atoms with E-state index in [0.29, 0.717) is 11.6 Å². The normalized spacial score (nSPS) is 15.1. The predicted molar refractivity (Wildman–Crippen MR) is 84.1 cm³/mol. The van der Waals surface area contributed by atoms with Crippen molar-refractivity contribution in [1.82, 2.24) is 4.98 Å². The van der Waals surface area contributed by atoms with Gasteiger partial charge in [0.15, 0.2) is 0 Å². The molecular formula is C16H25N3O. The fourth-order valence-corrected chi connectivity index (χ4v) is 2.24. The van der Waals surface area contributed by atoms with E-state index in [1.54, 1.807) is 5.57 Å². The third-order valence-corrected chi connectivity index (χ3v) is 3.18. The number of aromatic nitrogens is 1. The number of nitrogens with one attached hydrogen (secondary N) is 1. The average Bonchev–Trinajstić information content (AvgIpc) is 2.84. The van der Waals surface area contributed by atoms with Gasteiger partial charge in [0.05, 0.1) is 5.69 Å². The van der Waals surface area contributed by atoms with Gasteiger partial charge in [-0.15, -0.1) is 0 Å². The molecule has 0 unspecified atom stereocenters. The van der Waals surface area contributed by atoms with E-state index in [0.717, 1.165) is 18.8 Å². The Morgan fingerprint density at radius 2 is 2.15 bits per heavy atom.